The highest BCUT2D eigenvalue weighted by Gasteiger charge is 2.53. The zero-order valence-electron chi connectivity index (χ0n) is 22.9. The van der Waals surface area contributed by atoms with E-state index in [4.69, 9.17) is 29.8 Å². The van der Waals surface area contributed by atoms with E-state index in [2.05, 4.69) is 21.9 Å². The molecule has 10 heteroatoms. The van der Waals surface area contributed by atoms with Crippen LogP contribution in [0.3, 0.4) is 0 Å². The Bertz CT molecular complexity index is 1430. The summed E-state index contributed by atoms with van der Waals surface area (Å²) in [6.45, 7) is 4.57. The number of carbonyl (C=O) groups excluding carboxylic acids is 1. The topological polar surface area (TPSA) is 138 Å². The molecule has 0 spiro atoms. The maximum absolute atomic E-state index is 14.1. The zero-order valence-corrected chi connectivity index (χ0v) is 22.9. The summed E-state index contributed by atoms with van der Waals surface area (Å²) in [5.74, 6) is 1.24. The number of amides is 1. The van der Waals surface area contributed by atoms with E-state index < -0.39 is 11.6 Å². The molecule has 0 saturated heterocycles. The van der Waals surface area contributed by atoms with Gasteiger partial charge in [-0.15, -0.1) is 6.58 Å². The van der Waals surface area contributed by atoms with Gasteiger partial charge in [0.05, 0.1) is 20.3 Å². The molecule has 1 aliphatic rings. The van der Waals surface area contributed by atoms with Gasteiger partial charge >= 0.3 is 0 Å². The number of nitrogens with one attached hydrogen (secondary N) is 1. The van der Waals surface area contributed by atoms with Crippen LogP contribution in [0.25, 0.3) is 10.4 Å². The monoisotopic (exact) mass is 555 g/mol. The van der Waals surface area contributed by atoms with Crippen molar-refractivity contribution in [1.29, 1.82) is 0 Å². The number of ether oxygens (including phenoxy) is 3. The largest absolute Gasteiger partial charge is 0.497 e. The number of hydrogen-bond donors (Lipinski definition) is 2. The lowest BCUT2D eigenvalue weighted by Gasteiger charge is -2.31. The smallest absolute Gasteiger partial charge is 0.252 e. The summed E-state index contributed by atoms with van der Waals surface area (Å²) >= 11 is 0. The van der Waals surface area contributed by atoms with Gasteiger partial charge in [-0.05, 0) is 58.6 Å². The number of aliphatic hydroxyl groups excluding tert-OH is 1. The normalized spacial score (nSPS) is 17.5. The van der Waals surface area contributed by atoms with Crippen molar-refractivity contribution in [2.45, 2.75) is 31.0 Å². The van der Waals surface area contributed by atoms with Crippen molar-refractivity contribution >= 4 is 11.8 Å². The Balaban J connectivity index is 1.83. The summed E-state index contributed by atoms with van der Waals surface area (Å²) in [5, 5.41) is 15.7. The summed E-state index contributed by atoms with van der Waals surface area (Å²) in [6, 6.07) is 22.1. The van der Waals surface area contributed by atoms with Crippen molar-refractivity contribution in [2.24, 2.45) is 10.1 Å². The highest BCUT2D eigenvalue weighted by atomic mass is 16.5. The van der Waals surface area contributed by atoms with E-state index in [-0.39, 0.29) is 32.0 Å². The fourth-order valence-corrected chi connectivity index (χ4v) is 4.69. The summed E-state index contributed by atoms with van der Waals surface area (Å²) < 4.78 is 17.7. The number of methoxy groups -OCH3 is 1. The first-order valence-electron chi connectivity index (χ1n) is 13.3. The molecule has 0 fully saturated rings. The van der Waals surface area contributed by atoms with E-state index in [1.54, 1.807) is 25.3 Å². The number of nitrogens with zero attached hydrogens (tertiary/aromatic N) is 4. The van der Waals surface area contributed by atoms with Crippen molar-refractivity contribution in [2.75, 3.05) is 26.9 Å². The Hall–Kier alpha value is -4.79. The van der Waals surface area contributed by atoms with Gasteiger partial charge in [0, 0.05) is 36.5 Å². The van der Waals surface area contributed by atoms with Gasteiger partial charge in [0.2, 0.25) is 5.90 Å². The quantitative estimate of drug-likeness (QED) is 0.0940. The predicted molar refractivity (Wildman–Crippen MR) is 156 cm³/mol. The molecule has 0 aromatic heterocycles. The van der Waals surface area contributed by atoms with Gasteiger partial charge in [-0.2, -0.15) is 0 Å². The SMILES string of the molecule is C=CCNC(=O)[C@]1(Cc2ccccc2CN=[N+]=[N-])N=C(c2ccc(OCCCO)cc2)O[C@@H]1c1cccc(OC)c1. The van der Waals surface area contributed by atoms with Gasteiger partial charge in [0.25, 0.3) is 5.91 Å². The van der Waals surface area contributed by atoms with E-state index in [1.807, 2.05) is 60.7 Å². The summed E-state index contributed by atoms with van der Waals surface area (Å²) in [6.07, 6.45) is 1.52. The minimum absolute atomic E-state index is 0.0520. The lowest BCUT2D eigenvalue weighted by atomic mass is 9.80. The summed E-state index contributed by atoms with van der Waals surface area (Å²) in [7, 11) is 1.58. The Labute approximate surface area is 238 Å². The van der Waals surface area contributed by atoms with E-state index in [0.717, 1.165) is 11.1 Å². The molecule has 0 bridgehead atoms. The van der Waals surface area contributed by atoms with Crippen molar-refractivity contribution in [3.8, 4) is 11.5 Å². The molecule has 2 N–H and O–H groups in total. The molecular formula is C31H33N5O5. The van der Waals surface area contributed by atoms with Gasteiger partial charge in [-0.3, -0.25) is 4.79 Å². The molecule has 1 amide bonds. The highest BCUT2D eigenvalue weighted by Crippen LogP contribution is 2.43. The minimum atomic E-state index is -1.41. The molecule has 0 radical (unpaired) electrons. The van der Waals surface area contributed by atoms with Gasteiger partial charge in [-0.25, -0.2) is 4.99 Å². The number of azide groups is 1. The average Bonchev–Trinajstić information content (AvgIpc) is 3.40. The van der Waals surface area contributed by atoms with Crippen LogP contribution in [-0.4, -0.2) is 49.3 Å². The molecule has 0 aliphatic carbocycles. The molecule has 4 rings (SSSR count). The van der Waals surface area contributed by atoms with Gasteiger partial charge < -0.3 is 24.6 Å². The Morgan fingerprint density at radius 3 is 2.66 bits per heavy atom. The maximum Gasteiger partial charge on any atom is 0.252 e. The molecule has 41 heavy (non-hydrogen) atoms. The average molecular weight is 556 g/mol. The molecule has 3 aromatic rings. The molecule has 0 saturated carbocycles. The minimum Gasteiger partial charge on any atom is -0.497 e. The van der Waals surface area contributed by atoms with Crippen molar-refractivity contribution in [3.63, 3.8) is 0 Å². The van der Waals surface area contributed by atoms with Gasteiger partial charge in [-0.1, -0.05) is 47.6 Å². The molecular weight excluding hydrogens is 522 g/mol. The van der Waals surface area contributed by atoms with Crippen molar-refractivity contribution in [1.82, 2.24) is 5.32 Å². The highest BCUT2D eigenvalue weighted by molar-refractivity contribution is 6.01. The summed E-state index contributed by atoms with van der Waals surface area (Å²) in [5.41, 5.74) is 10.5. The number of aliphatic hydroxyl groups is 1. The second kappa shape index (κ2) is 14.0. The predicted octanol–water partition coefficient (Wildman–Crippen LogP) is 5.07. The molecule has 1 heterocycles. The van der Waals surface area contributed by atoms with Crippen molar-refractivity contribution < 1.29 is 24.1 Å². The Morgan fingerprint density at radius 2 is 1.95 bits per heavy atom. The van der Waals surface area contributed by atoms with Crippen LogP contribution in [-0.2, 0) is 22.5 Å². The molecule has 1 aliphatic heterocycles. The van der Waals surface area contributed by atoms with Crippen LogP contribution in [0.15, 0.2) is 95.6 Å². The lowest BCUT2D eigenvalue weighted by Crippen LogP contribution is -2.50. The van der Waals surface area contributed by atoms with Crippen LogP contribution >= 0.6 is 0 Å². The number of aliphatic imine (C=N–C) groups is 1. The molecule has 10 nitrogen and oxygen atoms in total. The first kappa shape index (κ1) is 29.2. The lowest BCUT2D eigenvalue weighted by molar-refractivity contribution is -0.128. The molecule has 2 atom stereocenters. The maximum atomic E-state index is 14.1. The third kappa shape index (κ3) is 6.87. The van der Waals surface area contributed by atoms with Crippen LogP contribution in [0.2, 0.25) is 0 Å². The first-order valence-corrected chi connectivity index (χ1v) is 13.3. The van der Waals surface area contributed by atoms with Crippen LogP contribution in [0.4, 0.5) is 0 Å². The van der Waals surface area contributed by atoms with E-state index in [1.165, 1.54) is 0 Å². The molecule has 212 valence electrons. The second-order valence-corrected chi connectivity index (χ2v) is 9.40. The van der Waals surface area contributed by atoms with Crippen LogP contribution < -0.4 is 14.8 Å². The van der Waals surface area contributed by atoms with Gasteiger partial charge in [0.1, 0.15) is 11.5 Å². The Kier molecular flexibility index (Phi) is 9.99. The van der Waals surface area contributed by atoms with Crippen molar-refractivity contribution in [3.05, 3.63) is 118 Å². The number of benzene rings is 3. The van der Waals surface area contributed by atoms with Crippen LogP contribution in [0.5, 0.6) is 11.5 Å². The van der Waals surface area contributed by atoms with E-state index >= 15 is 0 Å². The van der Waals surface area contributed by atoms with Gasteiger partial charge in [0.15, 0.2) is 11.6 Å². The number of carbonyl (C=O) groups is 1. The summed E-state index contributed by atoms with van der Waals surface area (Å²) in [4.78, 5) is 22.0. The fraction of sp³-hybridized carbons (Fsp3) is 0.290. The fourth-order valence-electron chi connectivity index (χ4n) is 4.69. The first-order chi connectivity index (χ1) is 20.0. The Morgan fingerprint density at radius 1 is 1.17 bits per heavy atom. The second-order valence-electron chi connectivity index (χ2n) is 9.40. The standard InChI is InChI=1S/C31H33N5O5/c1-3-16-33-30(38)31(20-24-8-4-5-9-25(24)21-34-36-32)28(23-10-6-11-27(19-23)39-2)41-29(35-31)22-12-14-26(15-13-22)40-18-7-17-37/h3-6,8-15,19,28,37H,1,7,16-18,20-21H2,2H3,(H,33,38)/t28-,31-/m1/s1. The van der Waals surface area contributed by atoms with E-state index in [0.29, 0.717) is 41.6 Å². The number of hydrogen-bond acceptors (Lipinski definition) is 7. The van der Waals surface area contributed by atoms with Crippen LogP contribution in [0, 0.1) is 0 Å². The third-order valence-electron chi connectivity index (χ3n) is 6.72. The van der Waals surface area contributed by atoms with E-state index in [9.17, 15) is 4.79 Å². The molecule has 0 unspecified atom stereocenters. The number of rotatable bonds is 14. The zero-order chi connectivity index (χ0) is 29.1. The van der Waals surface area contributed by atoms with Crippen LogP contribution in [0.1, 0.15) is 34.8 Å². The third-order valence-corrected chi connectivity index (χ3v) is 6.72. The molecule has 3 aromatic carbocycles.